The first-order valence-electron chi connectivity index (χ1n) is 4.96. The molecule has 1 aromatic rings. The summed E-state index contributed by atoms with van der Waals surface area (Å²) in [6.07, 6.45) is 0. The summed E-state index contributed by atoms with van der Waals surface area (Å²) in [5.74, 6) is -1.78. The number of rotatable bonds is 5. The van der Waals surface area contributed by atoms with Crippen LogP contribution in [0.4, 0.5) is 5.69 Å². The fourth-order valence-corrected chi connectivity index (χ4v) is 1.23. The minimum absolute atomic E-state index is 0.119. The van der Waals surface area contributed by atoms with Gasteiger partial charge in [-0.1, -0.05) is 6.07 Å². The van der Waals surface area contributed by atoms with E-state index >= 15 is 0 Å². The maximum atomic E-state index is 11.6. The normalized spacial score (nSPS) is 9.71. The lowest BCUT2D eigenvalue weighted by atomic mass is 10.2. The van der Waals surface area contributed by atoms with Crippen LogP contribution in [0.1, 0.15) is 17.3 Å². The van der Waals surface area contributed by atoms with Crippen molar-refractivity contribution in [1.82, 2.24) is 0 Å². The number of carboxylic acids is 1. The standard InChI is InChI=1S/C11H13NO5/c1-2-16-10-7(4-3-5-8(10)12)11(15)17-6-9(13)14/h3-5H,2,6,12H2,1H3,(H,13,14). The van der Waals surface area contributed by atoms with Crippen molar-refractivity contribution < 1.29 is 24.2 Å². The molecule has 0 radical (unpaired) electrons. The zero-order valence-corrected chi connectivity index (χ0v) is 9.30. The second kappa shape index (κ2) is 5.74. The number of nitrogen functional groups attached to an aromatic ring is 1. The second-order valence-electron chi connectivity index (χ2n) is 3.13. The molecule has 0 bridgehead atoms. The van der Waals surface area contributed by atoms with Gasteiger partial charge in [0.15, 0.2) is 12.4 Å². The zero-order chi connectivity index (χ0) is 12.8. The fraction of sp³-hybridized carbons (Fsp3) is 0.273. The molecular weight excluding hydrogens is 226 g/mol. The van der Waals surface area contributed by atoms with Gasteiger partial charge in [0, 0.05) is 0 Å². The maximum Gasteiger partial charge on any atom is 0.342 e. The van der Waals surface area contributed by atoms with Crippen LogP contribution in [0.5, 0.6) is 5.75 Å². The molecular formula is C11H13NO5. The highest BCUT2D eigenvalue weighted by atomic mass is 16.6. The summed E-state index contributed by atoms with van der Waals surface area (Å²) in [6.45, 7) is 1.39. The van der Waals surface area contributed by atoms with Gasteiger partial charge in [0.2, 0.25) is 0 Å². The molecule has 0 atom stereocenters. The number of esters is 1. The first kappa shape index (κ1) is 12.8. The van der Waals surface area contributed by atoms with Crippen molar-refractivity contribution in [1.29, 1.82) is 0 Å². The van der Waals surface area contributed by atoms with Gasteiger partial charge in [-0.3, -0.25) is 0 Å². The van der Waals surface area contributed by atoms with E-state index in [1.54, 1.807) is 19.1 Å². The Bertz CT molecular complexity index is 430. The molecule has 0 aliphatic heterocycles. The van der Waals surface area contributed by atoms with Gasteiger partial charge in [-0.05, 0) is 19.1 Å². The van der Waals surface area contributed by atoms with Crippen LogP contribution in [0.2, 0.25) is 0 Å². The molecule has 0 saturated heterocycles. The van der Waals surface area contributed by atoms with E-state index in [1.165, 1.54) is 6.07 Å². The van der Waals surface area contributed by atoms with Crippen molar-refractivity contribution in [2.45, 2.75) is 6.92 Å². The van der Waals surface area contributed by atoms with Crippen LogP contribution in [-0.2, 0) is 9.53 Å². The first-order valence-corrected chi connectivity index (χ1v) is 4.96. The number of anilines is 1. The summed E-state index contributed by atoms with van der Waals surface area (Å²) < 4.78 is 9.78. The summed E-state index contributed by atoms with van der Waals surface area (Å²) in [4.78, 5) is 21.9. The Morgan fingerprint density at radius 2 is 2.12 bits per heavy atom. The minimum atomic E-state index is -1.22. The lowest BCUT2D eigenvalue weighted by Crippen LogP contribution is -2.14. The van der Waals surface area contributed by atoms with Crippen molar-refractivity contribution in [2.75, 3.05) is 18.9 Å². The summed E-state index contributed by atoms with van der Waals surface area (Å²) in [5, 5.41) is 8.40. The number of ether oxygens (including phenoxy) is 2. The number of aliphatic carboxylic acids is 1. The Morgan fingerprint density at radius 1 is 1.41 bits per heavy atom. The molecule has 0 saturated carbocycles. The fourth-order valence-electron chi connectivity index (χ4n) is 1.23. The highest BCUT2D eigenvalue weighted by Crippen LogP contribution is 2.26. The largest absolute Gasteiger partial charge is 0.491 e. The van der Waals surface area contributed by atoms with Crippen LogP contribution in [0.15, 0.2) is 18.2 Å². The van der Waals surface area contributed by atoms with Crippen molar-refractivity contribution in [2.24, 2.45) is 0 Å². The topological polar surface area (TPSA) is 98.9 Å². The Hall–Kier alpha value is -2.24. The molecule has 6 nitrogen and oxygen atoms in total. The third kappa shape index (κ3) is 3.37. The molecule has 0 aliphatic carbocycles. The first-order chi connectivity index (χ1) is 8.06. The van der Waals surface area contributed by atoms with Crippen molar-refractivity contribution in [3.05, 3.63) is 23.8 Å². The average molecular weight is 239 g/mol. The minimum Gasteiger partial charge on any atom is -0.491 e. The molecule has 92 valence electrons. The van der Waals surface area contributed by atoms with E-state index in [9.17, 15) is 9.59 Å². The van der Waals surface area contributed by atoms with E-state index in [0.717, 1.165) is 0 Å². The Balaban J connectivity index is 2.92. The van der Waals surface area contributed by atoms with E-state index in [0.29, 0.717) is 12.3 Å². The van der Waals surface area contributed by atoms with E-state index in [-0.39, 0.29) is 11.3 Å². The molecule has 0 heterocycles. The molecule has 0 aromatic heterocycles. The smallest absolute Gasteiger partial charge is 0.342 e. The molecule has 0 spiro atoms. The molecule has 1 rings (SSSR count). The third-order valence-electron chi connectivity index (χ3n) is 1.88. The molecule has 6 heteroatoms. The van der Waals surface area contributed by atoms with Gasteiger partial charge in [0.05, 0.1) is 12.3 Å². The Kier molecular flexibility index (Phi) is 4.33. The summed E-state index contributed by atoms with van der Waals surface area (Å²) in [7, 11) is 0. The highest BCUT2D eigenvalue weighted by molar-refractivity contribution is 5.95. The number of nitrogens with two attached hydrogens (primary N) is 1. The van der Waals surface area contributed by atoms with Crippen molar-refractivity contribution >= 4 is 17.6 Å². The highest BCUT2D eigenvalue weighted by Gasteiger charge is 2.17. The number of para-hydroxylation sites is 1. The molecule has 0 fully saturated rings. The number of hydrogen-bond donors (Lipinski definition) is 2. The lowest BCUT2D eigenvalue weighted by Gasteiger charge is -2.11. The van der Waals surface area contributed by atoms with E-state index < -0.39 is 18.5 Å². The van der Waals surface area contributed by atoms with Crippen molar-refractivity contribution in [3.8, 4) is 5.75 Å². The van der Waals surface area contributed by atoms with E-state index in [2.05, 4.69) is 4.74 Å². The summed E-state index contributed by atoms with van der Waals surface area (Å²) in [6, 6.07) is 4.61. The predicted octanol–water partition coefficient (Wildman–Crippen LogP) is 0.909. The van der Waals surface area contributed by atoms with Crippen LogP contribution < -0.4 is 10.5 Å². The number of carbonyl (C=O) groups is 2. The van der Waals surface area contributed by atoms with Gasteiger partial charge in [0.1, 0.15) is 5.56 Å². The molecule has 17 heavy (non-hydrogen) atoms. The molecule has 0 aliphatic rings. The summed E-state index contributed by atoms with van der Waals surface area (Å²) >= 11 is 0. The zero-order valence-electron chi connectivity index (χ0n) is 9.30. The second-order valence-corrected chi connectivity index (χ2v) is 3.13. The van der Waals surface area contributed by atoms with Gasteiger partial charge in [-0.2, -0.15) is 0 Å². The Morgan fingerprint density at radius 3 is 2.71 bits per heavy atom. The van der Waals surface area contributed by atoms with Gasteiger partial charge in [-0.15, -0.1) is 0 Å². The molecule has 0 unspecified atom stereocenters. The van der Waals surface area contributed by atoms with E-state index in [1.807, 2.05) is 0 Å². The number of benzene rings is 1. The Labute approximate surface area is 97.9 Å². The van der Waals surface area contributed by atoms with Gasteiger partial charge in [0.25, 0.3) is 0 Å². The van der Waals surface area contributed by atoms with Crippen LogP contribution in [0.25, 0.3) is 0 Å². The predicted molar refractivity (Wildman–Crippen MR) is 59.9 cm³/mol. The number of carbonyl (C=O) groups excluding carboxylic acids is 1. The number of hydrogen-bond acceptors (Lipinski definition) is 5. The van der Waals surface area contributed by atoms with Gasteiger partial charge < -0.3 is 20.3 Å². The maximum absolute atomic E-state index is 11.6. The van der Waals surface area contributed by atoms with Crippen LogP contribution in [0.3, 0.4) is 0 Å². The quantitative estimate of drug-likeness (QED) is 0.585. The molecule has 3 N–H and O–H groups in total. The monoisotopic (exact) mass is 239 g/mol. The van der Waals surface area contributed by atoms with Crippen LogP contribution >= 0.6 is 0 Å². The summed E-state index contributed by atoms with van der Waals surface area (Å²) in [5.41, 5.74) is 6.07. The molecule has 1 aromatic carbocycles. The van der Waals surface area contributed by atoms with Gasteiger partial charge >= 0.3 is 11.9 Å². The SMILES string of the molecule is CCOc1c(N)cccc1C(=O)OCC(=O)O. The molecule has 0 amide bonds. The van der Waals surface area contributed by atoms with Gasteiger partial charge in [-0.25, -0.2) is 9.59 Å². The van der Waals surface area contributed by atoms with Crippen LogP contribution in [-0.4, -0.2) is 30.3 Å². The lowest BCUT2D eigenvalue weighted by molar-refractivity contribution is -0.140. The average Bonchev–Trinajstić information content (AvgIpc) is 2.29. The van der Waals surface area contributed by atoms with E-state index in [4.69, 9.17) is 15.6 Å². The van der Waals surface area contributed by atoms with Crippen molar-refractivity contribution in [3.63, 3.8) is 0 Å². The van der Waals surface area contributed by atoms with Crippen LogP contribution in [0, 0.1) is 0 Å². The number of carboxylic acid groups (broad SMARTS) is 1. The third-order valence-corrected chi connectivity index (χ3v) is 1.88.